The van der Waals surface area contributed by atoms with Crippen LogP contribution in [0.3, 0.4) is 0 Å². The summed E-state index contributed by atoms with van der Waals surface area (Å²) in [5, 5.41) is 0. The zero-order chi connectivity index (χ0) is 13.1. The minimum atomic E-state index is -1.26. The number of hydrogen-bond acceptors (Lipinski definition) is 5. The average molecular weight is 262 g/mol. The number of hydrogen-bond donors (Lipinski definition) is 0. The maximum Gasteiger partial charge on any atom is 0.190 e. The molecule has 0 amide bonds. The van der Waals surface area contributed by atoms with Crippen LogP contribution in [0.5, 0.6) is 0 Å². The third kappa shape index (κ3) is 2.06. The van der Waals surface area contributed by atoms with Gasteiger partial charge < -0.3 is 23.7 Å². The van der Waals surface area contributed by atoms with Crippen LogP contribution in [0.15, 0.2) is 0 Å². The summed E-state index contributed by atoms with van der Waals surface area (Å²) in [5.41, 5.74) is 0. The van der Waals surface area contributed by atoms with Crippen molar-refractivity contribution in [3.63, 3.8) is 0 Å². The lowest BCUT2D eigenvalue weighted by Crippen LogP contribution is -2.40. The number of alkyl halides is 1. The first-order chi connectivity index (χ1) is 8.27. The molecule has 104 valence electrons. The molecule has 0 aromatic rings. The number of ether oxygens (including phenoxy) is 5. The predicted molar refractivity (Wildman–Crippen MR) is 58.5 cm³/mol. The molecule has 0 saturated carbocycles. The quantitative estimate of drug-likeness (QED) is 0.714. The Kier molecular flexibility index (Phi) is 2.74. The van der Waals surface area contributed by atoms with Gasteiger partial charge in [-0.05, 0) is 27.7 Å². The second-order valence-electron chi connectivity index (χ2n) is 5.88. The van der Waals surface area contributed by atoms with Gasteiger partial charge in [0.05, 0.1) is 6.61 Å². The van der Waals surface area contributed by atoms with E-state index in [1.54, 1.807) is 27.7 Å². The smallest absolute Gasteiger partial charge is 0.190 e. The second kappa shape index (κ2) is 3.86. The fourth-order valence-electron chi connectivity index (χ4n) is 2.67. The summed E-state index contributed by atoms with van der Waals surface area (Å²) in [6, 6.07) is 0. The molecule has 3 aliphatic rings. The topological polar surface area (TPSA) is 46.2 Å². The average Bonchev–Trinajstić information content (AvgIpc) is 2.81. The van der Waals surface area contributed by atoms with Gasteiger partial charge in [0.15, 0.2) is 24.0 Å². The Morgan fingerprint density at radius 2 is 1.67 bits per heavy atom. The molecule has 0 N–H and O–H groups in total. The molecule has 3 fully saturated rings. The van der Waals surface area contributed by atoms with E-state index >= 15 is 0 Å². The molecule has 3 rings (SSSR count). The Balaban J connectivity index is 1.68. The van der Waals surface area contributed by atoms with Crippen molar-refractivity contribution in [2.45, 2.75) is 70.0 Å². The maximum atomic E-state index is 14.3. The third-order valence-corrected chi connectivity index (χ3v) is 3.40. The largest absolute Gasteiger partial charge is 0.348 e. The van der Waals surface area contributed by atoms with E-state index in [2.05, 4.69) is 0 Å². The molecule has 6 heteroatoms. The molecule has 0 aromatic heterocycles. The van der Waals surface area contributed by atoms with Crippen molar-refractivity contribution < 1.29 is 28.1 Å². The van der Waals surface area contributed by atoms with Crippen LogP contribution in [0.2, 0.25) is 0 Å². The van der Waals surface area contributed by atoms with Gasteiger partial charge in [-0.1, -0.05) is 0 Å². The Morgan fingerprint density at radius 3 is 2.22 bits per heavy atom. The van der Waals surface area contributed by atoms with E-state index in [9.17, 15) is 4.39 Å². The maximum absolute atomic E-state index is 14.3. The Morgan fingerprint density at radius 1 is 0.944 bits per heavy atom. The van der Waals surface area contributed by atoms with Crippen molar-refractivity contribution in [2.75, 3.05) is 6.61 Å². The Labute approximate surface area is 105 Å². The van der Waals surface area contributed by atoms with Gasteiger partial charge in [-0.15, -0.1) is 0 Å². The molecule has 0 spiro atoms. The van der Waals surface area contributed by atoms with Crippen molar-refractivity contribution in [3.05, 3.63) is 0 Å². The molecular formula is C12H19FO5. The van der Waals surface area contributed by atoms with E-state index in [1.807, 2.05) is 0 Å². The van der Waals surface area contributed by atoms with Gasteiger partial charge in [0.25, 0.3) is 0 Å². The molecule has 3 aliphatic heterocycles. The van der Waals surface area contributed by atoms with Gasteiger partial charge in [0.1, 0.15) is 18.3 Å². The number of rotatable bonds is 1. The van der Waals surface area contributed by atoms with Gasteiger partial charge >= 0.3 is 0 Å². The molecule has 0 aromatic carbocycles. The van der Waals surface area contributed by atoms with Crippen molar-refractivity contribution in [2.24, 2.45) is 0 Å². The lowest BCUT2D eigenvalue weighted by atomic mass is 10.1. The number of halogens is 1. The fraction of sp³-hybridized carbons (Fsp3) is 1.00. The SMILES string of the molecule is CC1(C)OC2[C@H](O[C@H]([C@H]3COC(C)(C)O3)[C@@H]2F)O1. The second-order valence-corrected chi connectivity index (χ2v) is 5.88. The highest BCUT2D eigenvalue weighted by Gasteiger charge is 2.58. The molecule has 0 bridgehead atoms. The van der Waals surface area contributed by atoms with Gasteiger partial charge in [-0.2, -0.15) is 0 Å². The molecular weight excluding hydrogens is 243 g/mol. The van der Waals surface area contributed by atoms with Gasteiger partial charge in [0, 0.05) is 0 Å². The number of fused-ring (bicyclic) bond motifs is 1. The van der Waals surface area contributed by atoms with Crippen LogP contribution < -0.4 is 0 Å². The molecule has 18 heavy (non-hydrogen) atoms. The summed E-state index contributed by atoms with van der Waals surface area (Å²) in [4.78, 5) is 0. The van der Waals surface area contributed by atoms with Crippen LogP contribution in [-0.4, -0.2) is 49.0 Å². The standard InChI is InChI=1S/C12H19FO5/c1-11(2)14-5-6(16-11)8-7(13)9-10(15-8)18-12(3,4)17-9/h6-10H,5H2,1-4H3/t6-,7+,8-,9?,10-/m1/s1. The monoisotopic (exact) mass is 262 g/mol. The van der Waals surface area contributed by atoms with Crippen molar-refractivity contribution in [3.8, 4) is 0 Å². The summed E-state index contributed by atoms with van der Waals surface area (Å²) < 4.78 is 42.0. The van der Waals surface area contributed by atoms with E-state index in [0.29, 0.717) is 6.61 Å². The lowest BCUT2D eigenvalue weighted by Gasteiger charge is -2.25. The lowest BCUT2D eigenvalue weighted by molar-refractivity contribution is -0.227. The van der Waals surface area contributed by atoms with Gasteiger partial charge in [0.2, 0.25) is 0 Å². The van der Waals surface area contributed by atoms with Crippen LogP contribution >= 0.6 is 0 Å². The highest BCUT2D eigenvalue weighted by Crippen LogP contribution is 2.41. The van der Waals surface area contributed by atoms with Crippen LogP contribution in [0.4, 0.5) is 4.39 Å². The molecule has 5 atom stereocenters. The fourth-order valence-corrected chi connectivity index (χ4v) is 2.67. The van der Waals surface area contributed by atoms with Crippen LogP contribution in [-0.2, 0) is 23.7 Å². The van der Waals surface area contributed by atoms with Crippen molar-refractivity contribution in [1.29, 1.82) is 0 Å². The predicted octanol–water partition coefficient (Wildman–Crippen LogP) is 1.35. The summed E-state index contributed by atoms with van der Waals surface area (Å²) in [6.45, 7) is 7.41. The van der Waals surface area contributed by atoms with E-state index in [0.717, 1.165) is 0 Å². The third-order valence-electron chi connectivity index (χ3n) is 3.40. The molecule has 1 unspecified atom stereocenters. The summed E-state index contributed by atoms with van der Waals surface area (Å²) in [6.07, 6.45) is -3.72. The van der Waals surface area contributed by atoms with Crippen LogP contribution in [0.1, 0.15) is 27.7 Å². The zero-order valence-electron chi connectivity index (χ0n) is 11.0. The van der Waals surface area contributed by atoms with Gasteiger partial charge in [-0.3, -0.25) is 0 Å². The Bertz CT molecular complexity index is 345. The molecule has 0 aliphatic carbocycles. The van der Waals surface area contributed by atoms with Crippen molar-refractivity contribution >= 4 is 0 Å². The highest BCUT2D eigenvalue weighted by atomic mass is 19.1. The molecule has 3 saturated heterocycles. The van der Waals surface area contributed by atoms with Crippen LogP contribution in [0, 0.1) is 0 Å². The van der Waals surface area contributed by atoms with Gasteiger partial charge in [-0.25, -0.2) is 4.39 Å². The molecule has 3 heterocycles. The van der Waals surface area contributed by atoms with E-state index in [1.165, 1.54) is 0 Å². The summed E-state index contributed by atoms with van der Waals surface area (Å²) in [5.74, 6) is -1.48. The molecule has 0 radical (unpaired) electrons. The first-order valence-corrected chi connectivity index (χ1v) is 6.24. The normalized spacial score (nSPS) is 49.5. The molecule has 5 nitrogen and oxygen atoms in total. The Hall–Kier alpha value is -0.270. The summed E-state index contributed by atoms with van der Waals surface area (Å²) >= 11 is 0. The zero-order valence-corrected chi connectivity index (χ0v) is 11.0. The van der Waals surface area contributed by atoms with E-state index < -0.39 is 42.3 Å². The summed E-state index contributed by atoms with van der Waals surface area (Å²) in [7, 11) is 0. The first-order valence-electron chi connectivity index (χ1n) is 6.24. The first kappa shape index (κ1) is 12.7. The van der Waals surface area contributed by atoms with E-state index in [-0.39, 0.29) is 0 Å². The minimum Gasteiger partial charge on any atom is -0.348 e. The van der Waals surface area contributed by atoms with Crippen LogP contribution in [0.25, 0.3) is 0 Å². The minimum absolute atomic E-state index is 0.320. The highest BCUT2D eigenvalue weighted by molar-refractivity contribution is 4.97. The van der Waals surface area contributed by atoms with E-state index in [4.69, 9.17) is 23.7 Å². The van der Waals surface area contributed by atoms with Crippen molar-refractivity contribution in [1.82, 2.24) is 0 Å².